The summed E-state index contributed by atoms with van der Waals surface area (Å²) < 4.78 is 0. The third-order valence-corrected chi connectivity index (χ3v) is 4.48. The molecule has 2 fully saturated rings. The summed E-state index contributed by atoms with van der Waals surface area (Å²) in [6.45, 7) is 0. The van der Waals surface area contributed by atoms with Gasteiger partial charge in [0.05, 0.1) is 0 Å². The van der Waals surface area contributed by atoms with E-state index >= 15 is 0 Å². The van der Waals surface area contributed by atoms with Crippen molar-refractivity contribution in [2.45, 2.75) is 25.7 Å². The molecule has 4 atom stereocenters. The quantitative estimate of drug-likeness (QED) is 0.444. The van der Waals surface area contributed by atoms with Gasteiger partial charge in [-0.05, 0) is 49.4 Å². The summed E-state index contributed by atoms with van der Waals surface area (Å²) in [5.74, 6) is 4.50. The minimum absolute atomic E-state index is 1.12. The van der Waals surface area contributed by atoms with Gasteiger partial charge in [-0.1, -0.05) is 11.1 Å². The van der Waals surface area contributed by atoms with E-state index in [4.69, 9.17) is 0 Å². The third kappa shape index (κ3) is 0.247. The topological polar surface area (TPSA) is 0 Å². The fraction of sp³-hybridized carbons (Fsp3) is 0.800. The van der Waals surface area contributed by atoms with Crippen LogP contribution in [-0.4, -0.2) is 0 Å². The number of hydrogen-bond acceptors (Lipinski definition) is 0. The molecule has 0 N–H and O–H groups in total. The van der Waals surface area contributed by atoms with Crippen molar-refractivity contribution in [1.82, 2.24) is 0 Å². The zero-order valence-electron chi connectivity index (χ0n) is 6.14. The van der Waals surface area contributed by atoms with Gasteiger partial charge in [-0.15, -0.1) is 0 Å². The van der Waals surface area contributed by atoms with Crippen molar-refractivity contribution in [3.05, 3.63) is 11.1 Å². The van der Waals surface area contributed by atoms with E-state index in [1.54, 1.807) is 25.7 Å². The van der Waals surface area contributed by atoms with Crippen LogP contribution in [0.4, 0.5) is 0 Å². The van der Waals surface area contributed by atoms with Crippen molar-refractivity contribution in [2.24, 2.45) is 23.7 Å². The van der Waals surface area contributed by atoms with E-state index in [-0.39, 0.29) is 0 Å². The van der Waals surface area contributed by atoms with Crippen molar-refractivity contribution in [3.63, 3.8) is 0 Å². The van der Waals surface area contributed by atoms with Crippen molar-refractivity contribution in [3.8, 4) is 0 Å². The number of fused-ring (bicyclic) bond motifs is 2. The van der Waals surface area contributed by atoms with Crippen LogP contribution in [0.5, 0.6) is 0 Å². The minimum Gasteiger partial charge on any atom is -0.0630 e. The summed E-state index contributed by atoms with van der Waals surface area (Å²) in [6, 6.07) is 0. The van der Waals surface area contributed by atoms with Gasteiger partial charge in [0, 0.05) is 0 Å². The smallest absolute Gasteiger partial charge is 0.0131 e. The van der Waals surface area contributed by atoms with E-state index in [0.717, 1.165) is 23.7 Å². The number of allylic oxidation sites excluding steroid dienone is 2. The molecule has 0 spiro atoms. The van der Waals surface area contributed by atoms with Gasteiger partial charge in [0.1, 0.15) is 0 Å². The molecule has 0 heteroatoms. The minimum atomic E-state index is 1.12. The second-order valence-corrected chi connectivity index (χ2v) is 4.49. The largest absolute Gasteiger partial charge is 0.0630 e. The second-order valence-electron chi connectivity index (χ2n) is 4.49. The van der Waals surface area contributed by atoms with E-state index in [1.807, 2.05) is 11.1 Å². The van der Waals surface area contributed by atoms with Gasteiger partial charge >= 0.3 is 0 Å². The van der Waals surface area contributed by atoms with Crippen LogP contribution in [0.3, 0.4) is 0 Å². The highest BCUT2D eigenvalue weighted by Gasteiger charge is 2.61. The lowest BCUT2D eigenvalue weighted by molar-refractivity contribution is 0.317. The fourth-order valence-electron chi connectivity index (χ4n) is 4.23. The van der Waals surface area contributed by atoms with Crippen molar-refractivity contribution >= 4 is 0 Å². The lowest BCUT2D eigenvalue weighted by atomic mass is 9.57. The van der Waals surface area contributed by atoms with E-state index < -0.39 is 0 Å². The Morgan fingerprint density at radius 1 is 0.600 bits per heavy atom. The average Bonchev–Trinajstić information content (AvgIpc) is 2.10. The molecule has 0 aromatic heterocycles. The van der Waals surface area contributed by atoms with Gasteiger partial charge < -0.3 is 0 Å². The standard InChI is InChI=1S/C10H12/c1-2-6-8-4-3-7-5(1)9(6)10(7)8/h5-8H,1-4H2. The Bertz CT molecular complexity index is 199. The highest BCUT2D eigenvalue weighted by Crippen LogP contribution is 2.72. The summed E-state index contributed by atoms with van der Waals surface area (Å²) in [4.78, 5) is 0. The molecule has 0 nitrogen and oxygen atoms in total. The maximum Gasteiger partial charge on any atom is -0.0131 e. The Labute approximate surface area is 61.3 Å². The zero-order valence-corrected chi connectivity index (χ0v) is 6.14. The maximum absolute atomic E-state index is 1.97. The Kier molecular flexibility index (Phi) is 0.508. The van der Waals surface area contributed by atoms with Gasteiger partial charge in [0.2, 0.25) is 0 Å². The van der Waals surface area contributed by atoms with Crippen LogP contribution in [0.15, 0.2) is 11.1 Å². The van der Waals surface area contributed by atoms with Gasteiger partial charge in [-0.3, -0.25) is 0 Å². The summed E-state index contributed by atoms with van der Waals surface area (Å²) >= 11 is 0. The molecule has 0 aromatic rings. The lowest BCUT2D eigenvalue weighted by Crippen LogP contribution is -2.38. The highest BCUT2D eigenvalue weighted by molar-refractivity contribution is 5.50. The van der Waals surface area contributed by atoms with Crippen molar-refractivity contribution in [1.29, 1.82) is 0 Å². The van der Waals surface area contributed by atoms with Crippen LogP contribution in [-0.2, 0) is 0 Å². The summed E-state index contributed by atoms with van der Waals surface area (Å²) in [6.07, 6.45) is 6.24. The Morgan fingerprint density at radius 2 is 0.900 bits per heavy atom. The summed E-state index contributed by atoms with van der Waals surface area (Å²) in [7, 11) is 0. The summed E-state index contributed by atoms with van der Waals surface area (Å²) in [5.41, 5.74) is 3.93. The van der Waals surface area contributed by atoms with Gasteiger partial charge in [-0.25, -0.2) is 0 Å². The van der Waals surface area contributed by atoms with Crippen LogP contribution < -0.4 is 0 Å². The molecule has 0 radical (unpaired) electrons. The first-order chi connectivity index (χ1) is 4.97. The first-order valence-corrected chi connectivity index (χ1v) is 4.70. The van der Waals surface area contributed by atoms with Crippen LogP contribution in [0, 0.1) is 23.7 Å². The molecular weight excluding hydrogens is 120 g/mol. The Morgan fingerprint density at radius 3 is 1.20 bits per heavy atom. The summed E-state index contributed by atoms with van der Waals surface area (Å²) in [5, 5.41) is 0. The van der Waals surface area contributed by atoms with E-state index in [0.29, 0.717) is 0 Å². The third-order valence-electron chi connectivity index (χ3n) is 4.48. The molecule has 0 heterocycles. The molecule has 4 aliphatic carbocycles. The Hall–Kier alpha value is -0.260. The molecule has 52 valence electrons. The fourth-order valence-corrected chi connectivity index (χ4v) is 4.23. The van der Waals surface area contributed by atoms with Gasteiger partial charge in [0.15, 0.2) is 0 Å². The Balaban J connectivity index is 2.02. The van der Waals surface area contributed by atoms with Crippen LogP contribution in [0.1, 0.15) is 25.7 Å². The first-order valence-electron chi connectivity index (χ1n) is 4.70. The second kappa shape index (κ2) is 1.11. The molecule has 0 saturated heterocycles. The van der Waals surface area contributed by atoms with Crippen molar-refractivity contribution < 1.29 is 0 Å². The molecule has 4 unspecified atom stereocenters. The van der Waals surface area contributed by atoms with Gasteiger partial charge in [-0.2, -0.15) is 0 Å². The molecule has 0 amide bonds. The monoisotopic (exact) mass is 132 g/mol. The molecule has 10 heavy (non-hydrogen) atoms. The van der Waals surface area contributed by atoms with Gasteiger partial charge in [0.25, 0.3) is 0 Å². The molecule has 2 saturated carbocycles. The normalized spacial score (nSPS) is 60.0. The SMILES string of the molecule is C1CC2C3=C4C(CCC42)C13. The van der Waals surface area contributed by atoms with E-state index in [2.05, 4.69) is 0 Å². The molecule has 4 rings (SSSR count). The molecule has 0 aliphatic heterocycles. The average molecular weight is 132 g/mol. The lowest BCUT2D eigenvalue weighted by Gasteiger charge is -2.48. The molecule has 4 aliphatic rings. The van der Waals surface area contributed by atoms with E-state index in [1.165, 1.54) is 0 Å². The number of rotatable bonds is 0. The molecule has 0 bridgehead atoms. The molecular formula is C10H12. The zero-order chi connectivity index (χ0) is 6.29. The molecule has 0 aromatic carbocycles. The van der Waals surface area contributed by atoms with Crippen LogP contribution in [0.25, 0.3) is 0 Å². The van der Waals surface area contributed by atoms with Crippen LogP contribution in [0.2, 0.25) is 0 Å². The van der Waals surface area contributed by atoms with E-state index in [9.17, 15) is 0 Å². The van der Waals surface area contributed by atoms with Crippen LogP contribution >= 0.6 is 0 Å². The number of hydrogen-bond donors (Lipinski definition) is 0. The predicted octanol–water partition coefficient (Wildman–Crippen LogP) is 2.36. The maximum atomic E-state index is 1.97. The van der Waals surface area contributed by atoms with Crippen molar-refractivity contribution in [2.75, 3.05) is 0 Å². The first kappa shape index (κ1) is 4.58. The predicted molar refractivity (Wildman–Crippen MR) is 39.5 cm³/mol. The highest BCUT2D eigenvalue weighted by atomic mass is 14.7.